The topological polar surface area (TPSA) is 52.6 Å². The highest BCUT2D eigenvalue weighted by Crippen LogP contribution is 2.21. The lowest BCUT2D eigenvalue weighted by Gasteiger charge is -2.09. The van der Waals surface area contributed by atoms with Crippen LogP contribution in [0.5, 0.6) is 11.5 Å². The van der Waals surface area contributed by atoms with E-state index in [9.17, 15) is 8.42 Å². The zero-order chi connectivity index (χ0) is 17.7. The third kappa shape index (κ3) is 4.73. The van der Waals surface area contributed by atoms with Gasteiger partial charge in [-0.15, -0.1) is 0 Å². The van der Waals surface area contributed by atoms with Gasteiger partial charge in [-0.1, -0.05) is 30.3 Å². The molecule has 5 heteroatoms. The minimum Gasteiger partial charge on any atom is -0.493 e. The third-order valence-corrected chi connectivity index (χ3v) is 4.93. The summed E-state index contributed by atoms with van der Waals surface area (Å²) in [6, 6.07) is 20.6. The Hall–Kier alpha value is -2.53. The largest absolute Gasteiger partial charge is 0.493 e. The lowest BCUT2D eigenvalue weighted by Crippen LogP contribution is -2.05. The Kier molecular flexibility index (Phi) is 5.24. The van der Waals surface area contributed by atoms with Gasteiger partial charge in [0, 0.05) is 12.7 Å². The molecule has 130 valence electrons. The maximum atomic E-state index is 11.4. The molecular weight excluding hydrogens is 336 g/mol. The van der Waals surface area contributed by atoms with E-state index >= 15 is 0 Å². The van der Waals surface area contributed by atoms with Gasteiger partial charge in [-0.25, -0.2) is 8.42 Å². The van der Waals surface area contributed by atoms with Crippen LogP contribution in [0.1, 0.15) is 6.42 Å². The second-order valence-electron chi connectivity index (χ2n) is 5.80. The van der Waals surface area contributed by atoms with E-state index < -0.39 is 9.84 Å². The first-order chi connectivity index (χ1) is 12.0. The molecule has 4 nitrogen and oxygen atoms in total. The molecular formula is C20H20O4S. The van der Waals surface area contributed by atoms with Gasteiger partial charge < -0.3 is 9.47 Å². The molecule has 0 atom stereocenters. The molecule has 0 amide bonds. The van der Waals surface area contributed by atoms with Crippen molar-refractivity contribution in [2.75, 3.05) is 19.5 Å². The van der Waals surface area contributed by atoms with Crippen LogP contribution in [0.25, 0.3) is 10.8 Å². The van der Waals surface area contributed by atoms with Gasteiger partial charge in [0.25, 0.3) is 0 Å². The van der Waals surface area contributed by atoms with E-state index in [1.807, 2.05) is 30.3 Å². The van der Waals surface area contributed by atoms with Crippen LogP contribution < -0.4 is 9.47 Å². The monoisotopic (exact) mass is 356 g/mol. The van der Waals surface area contributed by atoms with Gasteiger partial charge in [-0.3, -0.25) is 0 Å². The van der Waals surface area contributed by atoms with E-state index in [2.05, 4.69) is 12.1 Å². The van der Waals surface area contributed by atoms with Crippen molar-refractivity contribution in [2.45, 2.75) is 11.3 Å². The Bertz CT molecular complexity index is 947. The standard InChI is InChI=1S/C20H20O4S/c1-25(21,22)20-11-9-18(10-12-20)23-13-4-14-24-19-8-7-16-5-2-3-6-17(16)15-19/h2-3,5-12,15H,4,13-14H2,1H3. The summed E-state index contributed by atoms with van der Waals surface area (Å²) >= 11 is 0. The smallest absolute Gasteiger partial charge is 0.175 e. The molecule has 0 aliphatic rings. The van der Waals surface area contributed by atoms with Crippen molar-refractivity contribution >= 4 is 20.6 Å². The Labute approximate surface area is 147 Å². The van der Waals surface area contributed by atoms with Crippen molar-refractivity contribution in [3.8, 4) is 11.5 Å². The molecule has 3 aromatic carbocycles. The molecule has 0 radical (unpaired) electrons. The molecule has 0 saturated heterocycles. The van der Waals surface area contributed by atoms with Crippen molar-refractivity contribution in [1.29, 1.82) is 0 Å². The second-order valence-corrected chi connectivity index (χ2v) is 7.82. The van der Waals surface area contributed by atoms with Gasteiger partial charge in [-0.05, 0) is 47.2 Å². The van der Waals surface area contributed by atoms with Gasteiger partial charge in [0.1, 0.15) is 11.5 Å². The van der Waals surface area contributed by atoms with E-state index in [1.165, 1.54) is 11.6 Å². The average molecular weight is 356 g/mol. The summed E-state index contributed by atoms with van der Waals surface area (Å²) in [4.78, 5) is 0.291. The first-order valence-corrected chi connectivity index (χ1v) is 9.96. The van der Waals surface area contributed by atoms with Crippen LogP contribution in [0.3, 0.4) is 0 Å². The first-order valence-electron chi connectivity index (χ1n) is 8.07. The Morgan fingerprint density at radius 3 is 2.04 bits per heavy atom. The molecule has 0 aliphatic heterocycles. The van der Waals surface area contributed by atoms with Crippen LogP contribution in [0.15, 0.2) is 71.6 Å². The molecule has 0 aliphatic carbocycles. The van der Waals surface area contributed by atoms with Crippen molar-refractivity contribution in [3.63, 3.8) is 0 Å². The fraction of sp³-hybridized carbons (Fsp3) is 0.200. The molecule has 0 aromatic heterocycles. The summed E-state index contributed by atoms with van der Waals surface area (Å²) in [5.74, 6) is 1.49. The van der Waals surface area contributed by atoms with E-state index in [0.29, 0.717) is 23.9 Å². The zero-order valence-corrected chi connectivity index (χ0v) is 14.8. The van der Waals surface area contributed by atoms with Crippen LogP contribution in [-0.2, 0) is 9.84 Å². The molecule has 3 aromatic rings. The Balaban J connectivity index is 1.45. The number of fused-ring (bicyclic) bond motifs is 1. The minimum absolute atomic E-state index is 0.291. The van der Waals surface area contributed by atoms with E-state index in [0.717, 1.165) is 17.6 Å². The second kappa shape index (κ2) is 7.57. The fourth-order valence-electron chi connectivity index (χ4n) is 2.48. The molecule has 0 N–H and O–H groups in total. The van der Waals surface area contributed by atoms with Gasteiger partial charge in [0.15, 0.2) is 9.84 Å². The summed E-state index contributed by atoms with van der Waals surface area (Å²) in [6.45, 7) is 1.06. The highest BCUT2D eigenvalue weighted by molar-refractivity contribution is 7.90. The predicted molar refractivity (Wildman–Crippen MR) is 99.1 cm³/mol. The fourth-order valence-corrected chi connectivity index (χ4v) is 3.11. The SMILES string of the molecule is CS(=O)(=O)c1ccc(OCCCOc2ccc3ccccc3c2)cc1. The number of benzene rings is 3. The third-order valence-electron chi connectivity index (χ3n) is 3.80. The van der Waals surface area contributed by atoms with Crippen molar-refractivity contribution in [3.05, 3.63) is 66.7 Å². The quantitative estimate of drug-likeness (QED) is 0.598. The number of ether oxygens (including phenoxy) is 2. The molecule has 0 fully saturated rings. The van der Waals surface area contributed by atoms with Crippen LogP contribution in [0.2, 0.25) is 0 Å². The summed E-state index contributed by atoms with van der Waals surface area (Å²) in [5.41, 5.74) is 0. The molecule has 0 saturated carbocycles. The van der Waals surface area contributed by atoms with E-state index in [-0.39, 0.29) is 0 Å². The molecule has 0 unspecified atom stereocenters. The molecule has 0 spiro atoms. The Morgan fingerprint density at radius 2 is 1.36 bits per heavy atom. The predicted octanol–water partition coefficient (Wildman–Crippen LogP) is 4.09. The van der Waals surface area contributed by atoms with Crippen LogP contribution >= 0.6 is 0 Å². The molecule has 0 bridgehead atoms. The summed E-state index contributed by atoms with van der Waals surface area (Å²) in [7, 11) is -3.17. The van der Waals surface area contributed by atoms with Crippen LogP contribution in [-0.4, -0.2) is 27.9 Å². The summed E-state index contributed by atoms with van der Waals surface area (Å²) in [6.07, 6.45) is 1.92. The zero-order valence-electron chi connectivity index (χ0n) is 14.0. The highest BCUT2D eigenvalue weighted by Gasteiger charge is 2.06. The lowest BCUT2D eigenvalue weighted by atomic mass is 10.1. The summed E-state index contributed by atoms with van der Waals surface area (Å²) < 4.78 is 34.2. The first kappa shape index (κ1) is 17.3. The maximum absolute atomic E-state index is 11.4. The van der Waals surface area contributed by atoms with Gasteiger partial charge in [0.05, 0.1) is 18.1 Å². The Morgan fingerprint density at radius 1 is 0.760 bits per heavy atom. The average Bonchev–Trinajstić information content (AvgIpc) is 2.61. The van der Waals surface area contributed by atoms with Crippen LogP contribution in [0, 0.1) is 0 Å². The highest BCUT2D eigenvalue weighted by atomic mass is 32.2. The minimum atomic E-state index is -3.17. The lowest BCUT2D eigenvalue weighted by molar-refractivity contribution is 0.247. The van der Waals surface area contributed by atoms with Crippen molar-refractivity contribution in [2.24, 2.45) is 0 Å². The molecule has 25 heavy (non-hydrogen) atoms. The molecule has 0 heterocycles. The van der Waals surface area contributed by atoms with Crippen molar-refractivity contribution < 1.29 is 17.9 Å². The number of hydrogen-bond donors (Lipinski definition) is 0. The van der Waals surface area contributed by atoms with E-state index in [4.69, 9.17) is 9.47 Å². The molecule has 3 rings (SSSR count). The number of sulfone groups is 1. The van der Waals surface area contributed by atoms with Gasteiger partial charge in [0.2, 0.25) is 0 Å². The van der Waals surface area contributed by atoms with Gasteiger partial charge in [-0.2, -0.15) is 0 Å². The number of rotatable bonds is 7. The van der Waals surface area contributed by atoms with Gasteiger partial charge >= 0.3 is 0 Å². The number of hydrogen-bond acceptors (Lipinski definition) is 4. The normalized spacial score (nSPS) is 11.4. The van der Waals surface area contributed by atoms with E-state index in [1.54, 1.807) is 24.3 Å². The summed E-state index contributed by atoms with van der Waals surface area (Å²) in [5, 5.41) is 2.35. The van der Waals surface area contributed by atoms with Crippen LogP contribution in [0.4, 0.5) is 0 Å². The van der Waals surface area contributed by atoms with Crippen molar-refractivity contribution in [1.82, 2.24) is 0 Å². The maximum Gasteiger partial charge on any atom is 0.175 e.